The van der Waals surface area contributed by atoms with Crippen LogP contribution in [0.3, 0.4) is 0 Å². The van der Waals surface area contributed by atoms with Gasteiger partial charge in [-0.2, -0.15) is 0 Å². The molecule has 0 bridgehead atoms. The molecule has 2 nitrogen and oxygen atoms in total. The van der Waals surface area contributed by atoms with E-state index in [0.717, 1.165) is 18.8 Å². The SMILES string of the molecule is CCCOc1ccc(C(C)C(C)C(N)=S)cc1. The molecule has 0 fully saturated rings. The first-order chi connectivity index (χ1) is 8.06. The Labute approximate surface area is 109 Å². The fourth-order valence-electron chi connectivity index (χ4n) is 1.62. The first-order valence-electron chi connectivity index (χ1n) is 6.08. The number of ether oxygens (including phenoxy) is 1. The molecule has 0 aliphatic heterocycles. The van der Waals surface area contributed by atoms with Gasteiger partial charge in [0, 0.05) is 5.92 Å². The van der Waals surface area contributed by atoms with Crippen LogP contribution in [0.15, 0.2) is 24.3 Å². The smallest absolute Gasteiger partial charge is 0.119 e. The molecule has 0 amide bonds. The summed E-state index contributed by atoms with van der Waals surface area (Å²) in [6.07, 6.45) is 1.02. The van der Waals surface area contributed by atoms with Gasteiger partial charge in [-0.05, 0) is 30.0 Å². The van der Waals surface area contributed by atoms with Gasteiger partial charge < -0.3 is 10.5 Å². The second-order valence-corrected chi connectivity index (χ2v) is 4.87. The van der Waals surface area contributed by atoms with E-state index in [4.69, 9.17) is 22.7 Å². The van der Waals surface area contributed by atoms with E-state index in [-0.39, 0.29) is 5.92 Å². The molecule has 17 heavy (non-hydrogen) atoms. The zero-order valence-electron chi connectivity index (χ0n) is 10.8. The Morgan fingerprint density at radius 1 is 1.29 bits per heavy atom. The Morgan fingerprint density at radius 2 is 1.88 bits per heavy atom. The van der Waals surface area contributed by atoms with Gasteiger partial charge in [-0.1, -0.05) is 45.1 Å². The standard InChI is InChI=1S/C14H21NOS/c1-4-9-16-13-7-5-12(6-8-13)10(2)11(3)14(15)17/h5-8,10-11H,4,9H2,1-3H3,(H2,15,17). The molecule has 1 aromatic carbocycles. The van der Waals surface area contributed by atoms with Crippen molar-refractivity contribution in [3.63, 3.8) is 0 Å². The van der Waals surface area contributed by atoms with Crippen LogP contribution >= 0.6 is 12.2 Å². The number of thiocarbonyl (C=S) groups is 1. The lowest BCUT2D eigenvalue weighted by Crippen LogP contribution is -2.23. The predicted molar refractivity (Wildman–Crippen MR) is 76.6 cm³/mol. The van der Waals surface area contributed by atoms with Crippen molar-refractivity contribution in [2.45, 2.75) is 33.1 Å². The number of hydrogen-bond acceptors (Lipinski definition) is 2. The summed E-state index contributed by atoms with van der Waals surface area (Å²) in [7, 11) is 0. The van der Waals surface area contributed by atoms with Gasteiger partial charge in [-0.25, -0.2) is 0 Å². The van der Waals surface area contributed by atoms with Crippen LogP contribution in [0.25, 0.3) is 0 Å². The quantitative estimate of drug-likeness (QED) is 0.786. The normalized spacial score (nSPS) is 14.1. The summed E-state index contributed by atoms with van der Waals surface area (Å²) in [5.74, 6) is 1.48. The first kappa shape index (κ1) is 14.0. The van der Waals surface area contributed by atoms with Crippen LogP contribution in [0.1, 0.15) is 38.7 Å². The highest BCUT2D eigenvalue weighted by Crippen LogP contribution is 2.26. The zero-order chi connectivity index (χ0) is 12.8. The Balaban J connectivity index is 2.69. The summed E-state index contributed by atoms with van der Waals surface area (Å²) < 4.78 is 5.55. The van der Waals surface area contributed by atoms with Crippen LogP contribution in [0.5, 0.6) is 5.75 Å². The number of hydrogen-bond donors (Lipinski definition) is 1. The van der Waals surface area contributed by atoms with E-state index in [1.807, 2.05) is 12.1 Å². The van der Waals surface area contributed by atoms with Crippen LogP contribution < -0.4 is 10.5 Å². The van der Waals surface area contributed by atoms with Crippen LogP contribution in [0.2, 0.25) is 0 Å². The summed E-state index contributed by atoms with van der Waals surface area (Å²) in [6.45, 7) is 7.07. The Morgan fingerprint density at radius 3 is 2.35 bits per heavy atom. The minimum Gasteiger partial charge on any atom is -0.494 e. The monoisotopic (exact) mass is 251 g/mol. The molecule has 0 aromatic heterocycles. The van der Waals surface area contributed by atoms with Gasteiger partial charge in [-0.15, -0.1) is 0 Å². The Kier molecular flexibility index (Phi) is 5.42. The van der Waals surface area contributed by atoms with E-state index >= 15 is 0 Å². The number of rotatable bonds is 6. The molecule has 2 unspecified atom stereocenters. The van der Waals surface area contributed by atoms with Gasteiger partial charge in [0.2, 0.25) is 0 Å². The lowest BCUT2D eigenvalue weighted by molar-refractivity contribution is 0.317. The third-order valence-corrected chi connectivity index (χ3v) is 3.45. The number of nitrogens with two attached hydrogens (primary N) is 1. The number of benzene rings is 1. The maximum atomic E-state index is 5.68. The highest BCUT2D eigenvalue weighted by molar-refractivity contribution is 7.80. The van der Waals surface area contributed by atoms with Crippen molar-refractivity contribution >= 4 is 17.2 Å². The third kappa shape index (κ3) is 4.00. The molecule has 3 heteroatoms. The topological polar surface area (TPSA) is 35.2 Å². The lowest BCUT2D eigenvalue weighted by atomic mass is 9.89. The fourth-order valence-corrected chi connectivity index (χ4v) is 1.83. The second kappa shape index (κ2) is 6.60. The molecule has 0 aliphatic carbocycles. The maximum Gasteiger partial charge on any atom is 0.119 e. The molecular weight excluding hydrogens is 230 g/mol. The average molecular weight is 251 g/mol. The van der Waals surface area contributed by atoms with Crippen LogP contribution in [0, 0.1) is 5.92 Å². The summed E-state index contributed by atoms with van der Waals surface area (Å²) in [4.78, 5) is 0.573. The third-order valence-electron chi connectivity index (χ3n) is 3.08. The molecule has 1 aromatic rings. The molecule has 0 aliphatic rings. The van der Waals surface area contributed by atoms with E-state index in [9.17, 15) is 0 Å². The van der Waals surface area contributed by atoms with Crippen molar-refractivity contribution in [2.75, 3.05) is 6.61 Å². The maximum absolute atomic E-state index is 5.68. The summed E-state index contributed by atoms with van der Waals surface area (Å²) in [6, 6.07) is 8.19. The van der Waals surface area contributed by atoms with Crippen molar-refractivity contribution in [1.82, 2.24) is 0 Å². The molecule has 1 rings (SSSR count). The Hall–Kier alpha value is -1.09. The summed E-state index contributed by atoms with van der Waals surface area (Å²) >= 11 is 5.03. The minimum absolute atomic E-state index is 0.215. The van der Waals surface area contributed by atoms with Gasteiger partial charge in [0.05, 0.1) is 11.6 Å². The molecular formula is C14H21NOS. The fraction of sp³-hybridized carbons (Fsp3) is 0.500. The van der Waals surface area contributed by atoms with Crippen molar-refractivity contribution in [1.29, 1.82) is 0 Å². The van der Waals surface area contributed by atoms with Gasteiger partial charge >= 0.3 is 0 Å². The molecule has 0 spiro atoms. The first-order valence-corrected chi connectivity index (χ1v) is 6.49. The van der Waals surface area contributed by atoms with E-state index < -0.39 is 0 Å². The van der Waals surface area contributed by atoms with Gasteiger partial charge in [0.1, 0.15) is 5.75 Å². The minimum atomic E-state index is 0.215. The predicted octanol–water partition coefficient (Wildman–Crippen LogP) is 3.50. The van der Waals surface area contributed by atoms with Crippen molar-refractivity contribution < 1.29 is 4.74 Å². The van der Waals surface area contributed by atoms with Crippen LogP contribution in [-0.4, -0.2) is 11.6 Å². The van der Waals surface area contributed by atoms with Crippen molar-refractivity contribution in [2.24, 2.45) is 11.7 Å². The molecule has 94 valence electrons. The highest BCUT2D eigenvalue weighted by Gasteiger charge is 2.16. The van der Waals surface area contributed by atoms with Crippen molar-refractivity contribution in [3.8, 4) is 5.75 Å². The Bertz CT molecular complexity index is 361. The van der Waals surface area contributed by atoms with E-state index in [0.29, 0.717) is 10.9 Å². The van der Waals surface area contributed by atoms with Gasteiger partial charge in [0.15, 0.2) is 0 Å². The van der Waals surface area contributed by atoms with Crippen LogP contribution in [-0.2, 0) is 0 Å². The van der Waals surface area contributed by atoms with E-state index in [1.54, 1.807) is 0 Å². The molecule has 0 saturated carbocycles. The van der Waals surface area contributed by atoms with Crippen molar-refractivity contribution in [3.05, 3.63) is 29.8 Å². The molecule has 2 N–H and O–H groups in total. The highest BCUT2D eigenvalue weighted by atomic mass is 32.1. The van der Waals surface area contributed by atoms with Gasteiger partial charge in [0.25, 0.3) is 0 Å². The van der Waals surface area contributed by atoms with Crippen LogP contribution in [0.4, 0.5) is 0 Å². The second-order valence-electron chi connectivity index (χ2n) is 4.40. The lowest BCUT2D eigenvalue weighted by Gasteiger charge is -2.19. The van der Waals surface area contributed by atoms with Gasteiger partial charge in [-0.3, -0.25) is 0 Å². The molecule has 0 radical (unpaired) electrons. The summed E-state index contributed by atoms with van der Waals surface area (Å²) in [5, 5.41) is 0. The largest absolute Gasteiger partial charge is 0.494 e. The summed E-state index contributed by atoms with van der Waals surface area (Å²) in [5.41, 5.74) is 6.92. The average Bonchev–Trinajstić information content (AvgIpc) is 2.35. The zero-order valence-corrected chi connectivity index (χ0v) is 11.6. The van der Waals surface area contributed by atoms with E-state index in [2.05, 4.69) is 32.9 Å². The van der Waals surface area contributed by atoms with E-state index in [1.165, 1.54) is 5.56 Å². The molecule has 0 heterocycles. The molecule has 2 atom stereocenters. The molecule has 0 saturated heterocycles.